The lowest BCUT2D eigenvalue weighted by atomic mass is 9.98. The Morgan fingerprint density at radius 1 is 1.20 bits per heavy atom. The first kappa shape index (κ1) is 20.2. The normalized spacial score (nSPS) is 24.1. The third-order valence-corrected chi connectivity index (χ3v) is 5.50. The summed E-state index contributed by atoms with van der Waals surface area (Å²) in [5.74, 6) is 0.677. The Kier molecular flexibility index (Phi) is 7.29. The zero-order valence-corrected chi connectivity index (χ0v) is 16.4. The molecule has 1 aromatic rings. The number of aliphatic hydroxyl groups excluding tert-OH is 1. The van der Waals surface area contributed by atoms with Crippen LogP contribution in [0.5, 0.6) is 0 Å². The maximum absolute atomic E-state index is 10.2. The average Bonchev–Trinajstić information content (AvgIpc) is 3.24. The van der Waals surface area contributed by atoms with Gasteiger partial charge in [0, 0.05) is 23.7 Å². The van der Waals surface area contributed by atoms with Crippen LogP contribution in [0, 0.1) is 0 Å². The van der Waals surface area contributed by atoms with E-state index >= 15 is 0 Å². The number of carbonyl (C=O) groups excluding carboxylic acids is 1. The molecule has 0 spiro atoms. The minimum Gasteiger partial charge on any atom is -0.394 e. The summed E-state index contributed by atoms with van der Waals surface area (Å²) in [6.07, 6.45) is 4.06. The Hall–Kier alpha value is -1.10. The van der Waals surface area contributed by atoms with Crippen molar-refractivity contribution in [1.82, 2.24) is 9.80 Å². The number of rotatable bonds is 3. The van der Waals surface area contributed by atoms with Crippen LogP contribution in [0.15, 0.2) is 24.3 Å². The minimum atomic E-state index is 0.0995. The first-order valence-corrected chi connectivity index (χ1v) is 9.55. The summed E-state index contributed by atoms with van der Waals surface area (Å²) in [7, 11) is 0. The number of nitrogens with zero attached hydrogens (tertiary/aromatic N) is 2. The number of likely N-dealkylation sites (tertiary alicyclic amines) is 2. The second kappa shape index (κ2) is 9.02. The fourth-order valence-electron chi connectivity index (χ4n) is 3.57. The van der Waals surface area contributed by atoms with Crippen molar-refractivity contribution < 1.29 is 9.90 Å². The van der Waals surface area contributed by atoms with Crippen molar-refractivity contribution in [3.63, 3.8) is 0 Å². The van der Waals surface area contributed by atoms with Crippen LogP contribution >= 0.6 is 11.6 Å². The van der Waals surface area contributed by atoms with Gasteiger partial charge in [-0.15, -0.1) is 0 Å². The first-order chi connectivity index (χ1) is 11.8. The molecule has 1 N–H and O–H groups in total. The van der Waals surface area contributed by atoms with Crippen molar-refractivity contribution in [3.8, 4) is 0 Å². The highest BCUT2D eigenvalue weighted by Gasteiger charge is 2.30. The topological polar surface area (TPSA) is 43.8 Å². The van der Waals surface area contributed by atoms with E-state index in [1.807, 2.05) is 12.1 Å². The SMILES string of the molecule is CC(C)(C)N1CCC(c2ccc(Cl)cc2)C1.O=CN1CCCC1CO. The van der Waals surface area contributed by atoms with Gasteiger partial charge in [0.1, 0.15) is 0 Å². The Morgan fingerprint density at radius 2 is 1.88 bits per heavy atom. The third kappa shape index (κ3) is 5.70. The molecule has 0 saturated carbocycles. The van der Waals surface area contributed by atoms with Crippen LogP contribution in [0.25, 0.3) is 0 Å². The van der Waals surface area contributed by atoms with Crippen molar-refractivity contribution in [2.24, 2.45) is 0 Å². The molecule has 1 aromatic carbocycles. The molecule has 140 valence electrons. The van der Waals surface area contributed by atoms with Crippen molar-refractivity contribution >= 4 is 18.0 Å². The van der Waals surface area contributed by atoms with E-state index in [4.69, 9.17) is 16.7 Å². The van der Waals surface area contributed by atoms with Crippen LogP contribution in [0.1, 0.15) is 51.5 Å². The van der Waals surface area contributed by atoms with Crippen LogP contribution < -0.4 is 0 Å². The molecular formula is C20H31ClN2O2. The Labute approximate surface area is 156 Å². The third-order valence-electron chi connectivity index (χ3n) is 5.25. The Bertz CT molecular complexity index is 542. The molecule has 2 fully saturated rings. The quantitative estimate of drug-likeness (QED) is 0.832. The maximum Gasteiger partial charge on any atom is 0.210 e. The summed E-state index contributed by atoms with van der Waals surface area (Å²) in [6, 6.07) is 8.42. The molecule has 1 amide bonds. The molecule has 3 rings (SSSR count). The summed E-state index contributed by atoms with van der Waals surface area (Å²) in [6.45, 7) is 10.2. The van der Waals surface area contributed by atoms with E-state index in [9.17, 15) is 4.79 Å². The molecule has 25 heavy (non-hydrogen) atoms. The van der Waals surface area contributed by atoms with Gasteiger partial charge in [-0.1, -0.05) is 23.7 Å². The van der Waals surface area contributed by atoms with Gasteiger partial charge < -0.3 is 10.0 Å². The van der Waals surface area contributed by atoms with Crippen LogP contribution in [0.2, 0.25) is 5.02 Å². The summed E-state index contributed by atoms with van der Waals surface area (Å²) in [5.41, 5.74) is 1.72. The first-order valence-electron chi connectivity index (χ1n) is 9.17. The highest BCUT2D eigenvalue weighted by Crippen LogP contribution is 2.31. The van der Waals surface area contributed by atoms with Gasteiger partial charge >= 0.3 is 0 Å². The number of amides is 1. The molecule has 2 atom stereocenters. The van der Waals surface area contributed by atoms with Crippen molar-refractivity contribution in [2.45, 2.75) is 57.5 Å². The van der Waals surface area contributed by atoms with E-state index in [1.165, 1.54) is 25.1 Å². The summed E-state index contributed by atoms with van der Waals surface area (Å²) in [4.78, 5) is 14.4. The fraction of sp³-hybridized carbons (Fsp3) is 0.650. The second-order valence-corrected chi connectivity index (χ2v) is 8.41. The van der Waals surface area contributed by atoms with E-state index in [0.29, 0.717) is 11.5 Å². The molecule has 4 nitrogen and oxygen atoms in total. The molecule has 2 saturated heterocycles. The number of halogens is 1. The molecule has 0 aliphatic carbocycles. The molecule has 2 aliphatic heterocycles. The van der Waals surface area contributed by atoms with E-state index in [2.05, 4.69) is 37.8 Å². The Morgan fingerprint density at radius 3 is 2.36 bits per heavy atom. The zero-order valence-electron chi connectivity index (χ0n) is 15.6. The van der Waals surface area contributed by atoms with Gasteiger partial charge in [0.25, 0.3) is 0 Å². The average molecular weight is 367 g/mol. The number of hydrogen-bond acceptors (Lipinski definition) is 3. The standard InChI is InChI=1S/C14H20ClN.C6H11NO2/c1-14(2,3)16-9-8-12(10-16)11-4-6-13(15)7-5-11;8-4-6-2-1-3-7(6)5-9/h4-7,12H,8-10H2,1-3H3;5-6,8H,1-4H2. The fourth-order valence-corrected chi connectivity index (χ4v) is 3.70. The van der Waals surface area contributed by atoms with Crippen LogP contribution in [-0.2, 0) is 4.79 Å². The molecule has 0 radical (unpaired) electrons. The molecule has 5 heteroatoms. The maximum atomic E-state index is 10.2. The van der Waals surface area contributed by atoms with E-state index in [0.717, 1.165) is 30.8 Å². The van der Waals surface area contributed by atoms with E-state index in [1.54, 1.807) is 4.90 Å². The summed E-state index contributed by atoms with van der Waals surface area (Å²) < 4.78 is 0. The molecular weight excluding hydrogens is 336 g/mol. The number of benzene rings is 1. The van der Waals surface area contributed by atoms with Gasteiger partial charge in [0.15, 0.2) is 0 Å². The van der Waals surface area contributed by atoms with Crippen LogP contribution in [0.3, 0.4) is 0 Å². The highest BCUT2D eigenvalue weighted by molar-refractivity contribution is 6.30. The van der Waals surface area contributed by atoms with Crippen molar-refractivity contribution in [2.75, 3.05) is 26.2 Å². The van der Waals surface area contributed by atoms with Crippen LogP contribution in [-0.4, -0.2) is 59.1 Å². The molecule has 2 unspecified atom stereocenters. The van der Waals surface area contributed by atoms with Crippen molar-refractivity contribution in [3.05, 3.63) is 34.9 Å². The summed E-state index contributed by atoms with van der Waals surface area (Å²) in [5, 5.41) is 9.50. The number of hydrogen-bond donors (Lipinski definition) is 1. The molecule has 0 aromatic heterocycles. The van der Waals surface area contributed by atoms with Crippen LogP contribution in [0.4, 0.5) is 0 Å². The highest BCUT2D eigenvalue weighted by atomic mass is 35.5. The van der Waals surface area contributed by atoms with E-state index < -0.39 is 0 Å². The van der Waals surface area contributed by atoms with E-state index in [-0.39, 0.29) is 12.6 Å². The van der Waals surface area contributed by atoms with Gasteiger partial charge in [-0.05, 0) is 70.2 Å². The molecule has 2 heterocycles. The predicted molar refractivity (Wildman–Crippen MR) is 103 cm³/mol. The number of carbonyl (C=O) groups is 1. The largest absolute Gasteiger partial charge is 0.394 e. The predicted octanol–water partition coefficient (Wildman–Crippen LogP) is 3.53. The zero-order chi connectivity index (χ0) is 18.4. The monoisotopic (exact) mass is 366 g/mol. The molecule has 2 aliphatic rings. The summed E-state index contributed by atoms with van der Waals surface area (Å²) >= 11 is 5.91. The van der Waals surface area contributed by atoms with Gasteiger partial charge in [0.2, 0.25) is 6.41 Å². The second-order valence-electron chi connectivity index (χ2n) is 7.98. The lowest BCUT2D eigenvalue weighted by Gasteiger charge is -2.31. The molecule has 0 bridgehead atoms. The van der Waals surface area contributed by atoms with Gasteiger partial charge in [-0.25, -0.2) is 0 Å². The smallest absolute Gasteiger partial charge is 0.210 e. The van der Waals surface area contributed by atoms with Crippen molar-refractivity contribution in [1.29, 1.82) is 0 Å². The van der Waals surface area contributed by atoms with Gasteiger partial charge in [-0.3, -0.25) is 9.69 Å². The van der Waals surface area contributed by atoms with Gasteiger partial charge in [0.05, 0.1) is 12.6 Å². The minimum absolute atomic E-state index is 0.0995. The number of aliphatic hydroxyl groups is 1. The lowest BCUT2D eigenvalue weighted by Crippen LogP contribution is -2.39. The lowest BCUT2D eigenvalue weighted by molar-refractivity contribution is -0.119. The van der Waals surface area contributed by atoms with Gasteiger partial charge in [-0.2, -0.15) is 0 Å². The Balaban J connectivity index is 0.000000212.